The van der Waals surface area contributed by atoms with Crippen LogP contribution in [-0.4, -0.2) is 11.2 Å². The second kappa shape index (κ2) is 2.47. The van der Waals surface area contributed by atoms with Gasteiger partial charge in [-0.25, -0.2) is 0 Å². The van der Waals surface area contributed by atoms with E-state index in [1.807, 2.05) is 0 Å². The molecule has 1 rings (SSSR count). The summed E-state index contributed by atoms with van der Waals surface area (Å²) in [5.41, 5.74) is 0.525. The molecule has 0 radical (unpaired) electrons. The Morgan fingerprint density at radius 3 is 1.75 bits per heavy atom. The van der Waals surface area contributed by atoms with Gasteiger partial charge in [0.05, 0.1) is 11.2 Å². The van der Waals surface area contributed by atoms with Gasteiger partial charge in [-0.3, -0.25) is 0 Å². The summed E-state index contributed by atoms with van der Waals surface area (Å²) >= 11 is 0. The molecule has 0 spiro atoms. The number of hydrogen-bond acceptors (Lipinski definition) is 1. The molecule has 1 nitrogen and oxygen atoms in total. The Bertz CT molecular complexity index is 166. The van der Waals surface area contributed by atoms with Crippen molar-refractivity contribution < 1.29 is 4.74 Å². The Kier molecular flexibility index (Phi) is 2.07. The fourth-order valence-electron chi connectivity index (χ4n) is 2.35. The lowest BCUT2D eigenvalue weighted by atomic mass is 9.65. The topological polar surface area (TPSA) is 9.23 Å². The second-order valence-electron chi connectivity index (χ2n) is 5.64. The van der Waals surface area contributed by atoms with Gasteiger partial charge >= 0.3 is 0 Å². The van der Waals surface area contributed by atoms with Crippen molar-refractivity contribution in [3.8, 4) is 0 Å². The van der Waals surface area contributed by atoms with Gasteiger partial charge in [0.25, 0.3) is 0 Å². The zero-order valence-corrected chi connectivity index (χ0v) is 9.32. The maximum atomic E-state index is 6.03. The van der Waals surface area contributed by atoms with Gasteiger partial charge in [-0.1, -0.05) is 27.7 Å². The zero-order valence-electron chi connectivity index (χ0n) is 9.32. The van der Waals surface area contributed by atoms with Crippen LogP contribution in [0.25, 0.3) is 0 Å². The normalized spacial score (nSPS) is 34.5. The van der Waals surface area contributed by atoms with Gasteiger partial charge in [0.15, 0.2) is 0 Å². The van der Waals surface area contributed by atoms with E-state index in [1.165, 1.54) is 6.42 Å². The Morgan fingerprint density at radius 1 is 1.25 bits per heavy atom. The Hall–Kier alpha value is -0.0400. The molecule has 1 heteroatoms. The Morgan fingerprint density at radius 2 is 1.67 bits per heavy atom. The van der Waals surface area contributed by atoms with Gasteiger partial charge in [0.2, 0.25) is 0 Å². The highest BCUT2D eigenvalue weighted by atomic mass is 16.6. The smallest absolute Gasteiger partial charge is 0.0762 e. The van der Waals surface area contributed by atoms with Crippen LogP contribution < -0.4 is 0 Å². The molecule has 0 aromatic heterocycles. The van der Waals surface area contributed by atoms with E-state index in [9.17, 15) is 0 Å². The summed E-state index contributed by atoms with van der Waals surface area (Å²) in [7, 11) is 0. The first-order valence-electron chi connectivity index (χ1n) is 4.93. The predicted molar refractivity (Wildman–Crippen MR) is 52.3 cm³/mol. The van der Waals surface area contributed by atoms with Crippen LogP contribution in [0.5, 0.6) is 0 Å². The third-order valence-corrected chi connectivity index (χ3v) is 3.12. The van der Waals surface area contributed by atoms with E-state index >= 15 is 0 Å². The summed E-state index contributed by atoms with van der Waals surface area (Å²) in [5, 5.41) is 0. The first-order valence-corrected chi connectivity index (χ1v) is 4.93. The van der Waals surface area contributed by atoms with Crippen LogP contribution in [0.3, 0.4) is 0 Å². The van der Waals surface area contributed by atoms with E-state index < -0.39 is 0 Å². The lowest BCUT2D eigenvalue weighted by Gasteiger charge is -2.59. The Labute approximate surface area is 76.5 Å². The van der Waals surface area contributed by atoms with Crippen molar-refractivity contribution in [1.82, 2.24) is 0 Å². The minimum absolute atomic E-state index is 0.114. The maximum Gasteiger partial charge on any atom is 0.0762 e. The molecular formula is C11H22O. The van der Waals surface area contributed by atoms with Crippen LogP contribution in [0.15, 0.2) is 0 Å². The van der Waals surface area contributed by atoms with Crippen LogP contribution in [-0.2, 0) is 4.74 Å². The molecule has 1 saturated heterocycles. The fourth-order valence-corrected chi connectivity index (χ4v) is 2.35. The van der Waals surface area contributed by atoms with Gasteiger partial charge < -0.3 is 4.74 Å². The summed E-state index contributed by atoms with van der Waals surface area (Å²) < 4.78 is 6.03. The van der Waals surface area contributed by atoms with Crippen molar-refractivity contribution in [3.05, 3.63) is 0 Å². The molecule has 1 aliphatic heterocycles. The predicted octanol–water partition coefficient (Wildman–Crippen LogP) is 3.38. The highest BCUT2D eigenvalue weighted by Crippen LogP contribution is 2.52. The fraction of sp³-hybridized carbons (Fsp3) is 1.00. The van der Waals surface area contributed by atoms with E-state index in [-0.39, 0.29) is 16.6 Å². The quantitative estimate of drug-likeness (QED) is 0.586. The van der Waals surface area contributed by atoms with Crippen molar-refractivity contribution in [2.75, 3.05) is 0 Å². The van der Waals surface area contributed by atoms with E-state index in [0.29, 0.717) is 0 Å². The average molecular weight is 170 g/mol. The highest BCUT2D eigenvalue weighted by Gasteiger charge is 2.55. The lowest BCUT2D eigenvalue weighted by Crippen LogP contribution is -2.62. The Balaban J connectivity index is 2.72. The van der Waals surface area contributed by atoms with Gasteiger partial charge in [0.1, 0.15) is 0 Å². The first-order chi connectivity index (χ1) is 5.22. The summed E-state index contributed by atoms with van der Waals surface area (Å²) in [4.78, 5) is 0. The number of hydrogen-bond donors (Lipinski definition) is 0. The minimum atomic E-state index is 0.114. The molecule has 72 valence electrons. The molecule has 1 fully saturated rings. The third kappa shape index (κ3) is 1.39. The molecule has 0 saturated carbocycles. The van der Waals surface area contributed by atoms with E-state index in [2.05, 4.69) is 41.5 Å². The summed E-state index contributed by atoms with van der Waals surface area (Å²) in [6.45, 7) is 13.4. The van der Waals surface area contributed by atoms with Crippen molar-refractivity contribution in [3.63, 3.8) is 0 Å². The lowest BCUT2D eigenvalue weighted by molar-refractivity contribution is -0.298. The van der Waals surface area contributed by atoms with Gasteiger partial charge in [-0.2, -0.15) is 0 Å². The number of ether oxygens (including phenoxy) is 1. The molecule has 0 aromatic carbocycles. The van der Waals surface area contributed by atoms with Crippen LogP contribution in [0.4, 0.5) is 0 Å². The summed E-state index contributed by atoms with van der Waals surface area (Å²) in [6, 6.07) is 0. The van der Waals surface area contributed by atoms with Crippen molar-refractivity contribution in [1.29, 1.82) is 0 Å². The first kappa shape index (κ1) is 10.0. The zero-order chi connectivity index (χ0) is 9.62. The molecule has 0 N–H and O–H groups in total. The molecule has 12 heavy (non-hydrogen) atoms. The van der Waals surface area contributed by atoms with Gasteiger partial charge in [0, 0.05) is 6.42 Å². The van der Waals surface area contributed by atoms with Crippen molar-refractivity contribution in [2.45, 2.75) is 65.6 Å². The van der Waals surface area contributed by atoms with E-state index in [0.717, 1.165) is 6.42 Å². The molecule has 1 aliphatic rings. The summed E-state index contributed by atoms with van der Waals surface area (Å²) in [5.74, 6) is 0. The third-order valence-electron chi connectivity index (χ3n) is 3.12. The molecule has 1 heterocycles. The minimum Gasteiger partial charge on any atom is -0.368 e. The van der Waals surface area contributed by atoms with Crippen LogP contribution in [0, 0.1) is 5.41 Å². The van der Waals surface area contributed by atoms with E-state index in [1.54, 1.807) is 0 Å². The monoisotopic (exact) mass is 170 g/mol. The summed E-state index contributed by atoms with van der Waals surface area (Å²) in [6.07, 6.45) is 2.32. The largest absolute Gasteiger partial charge is 0.368 e. The van der Waals surface area contributed by atoms with Crippen LogP contribution >= 0.6 is 0 Å². The standard InChI is InChI=1S/C11H22O/c1-7-11(9(2,3)4)8-10(5,6)12-11/h7-8H2,1-6H3/t11-/m1/s1. The van der Waals surface area contributed by atoms with Gasteiger partial charge in [-0.05, 0) is 25.7 Å². The average Bonchev–Trinajstić information content (AvgIpc) is 1.78. The molecular weight excluding hydrogens is 148 g/mol. The molecule has 1 atom stereocenters. The van der Waals surface area contributed by atoms with Crippen molar-refractivity contribution >= 4 is 0 Å². The molecule has 0 bridgehead atoms. The number of rotatable bonds is 1. The molecule has 0 aliphatic carbocycles. The van der Waals surface area contributed by atoms with Crippen LogP contribution in [0.2, 0.25) is 0 Å². The maximum absolute atomic E-state index is 6.03. The molecule has 0 amide bonds. The van der Waals surface area contributed by atoms with Crippen molar-refractivity contribution in [2.24, 2.45) is 5.41 Å². The van der Waals surface area contributed by atoms with Gasteiger partial charge in [-0.15, -0.1) is 0 Å². The van der Waals surface area contributed by atoms with E-state index in [4.69, 9.17) is 4.74 Å². The van der Waals surface area contributed by atoms with Crippen LogP contribution in [0.1, 0.15) is 54.4 Å². The SMILES string of the molecule is CC[C@]1(C(C)(C)C)CC(C)(C)O1. The molecule has 0 unspecified atom stereocenters. The second-order valence-corrected chi connectivity index (χ2v) is 5.64. The molecule has 0 aromatic rings. The highest BCUT2D eigenvalue weighted by molar-refractivity contribution is 5.04.